The van der Waals surface area contributed by atoms with Crippen molar-refractivity contribution >= 4 is 33.3 Å². The summed E-state index contributed by atoms with van der Waals surface area (Å²) in [5, 5.41) is 0. The van der Waals surface area contributed by atoms with Gasteiger partial charge in [0.05, 0.1) is 19.1 Å². The monoisotopic (exact) mass is 407 g/mol. The number of carbonyl (C=O) groups excluding carboxylic acids is 1. The van der Waals surface area contributed by atoms with E-state index in [2.05, 4.69) is 20.7 Å². The second-order valence-corrected chi connectivity index (χ2v) is 9.10. The predicted molar refractivity (Wildman–Crippen MR) is 93.9 cm³/mol. The Labute approximate surface area is 148 Å². The number of benzene rings is 1. The topological polar surface area (TPSA) is 61.4 Å². The van der Waals surface area contributed by atoms with E-state index in [1.165, 1.54) is 0 Å². The highest BCUT2D eigenvalue weighted by Gasteiger charge is 2.32. The molecule has 0 heterocycles. The van der Waals surface area contributed by atoms with Crippen molar-refractivity contribution in [2.24, 2.45) is 0 Å². The molecule has 0 radical (unpaired) electrons. The molecule has 130 valence electrons. The number of nitrogens with one attached hydrogen (secondary N) is 1. The fraction of sp³-hybridized carbons (Fsp3) is 0.562. The Morgan fingerprint density at radius 3 is 2.61 bits per heavy atom. The summed E-state index contributed by atoms with van der Waals surface area (Å²) >= 11 is 1.88. The standard InChI is InChI=1S/C16H23BrFNO3S/c1-6-22-14(20)9-13(19-23(21)16(3,4)5)12-8-11(17)7-10(2)15(12)18/h7-8,13,19H,6,9H2,1-5H3. The molecule has 0 aliphatic heterocycles. The minimum Gasteiger partial charge on any atom is -0.598 e. The van der Waals surface area contributed by atoms with Crippen molar-refractivity contribution in [3.63, 3.8) is 0 Å². The van der Waals surface area contributed by atoms with Crippen molar-refractivity contribution in [3.05, 3.63) is 33.5 Å². The molecule has 4 nitrogen and oxygen atoms in total. The average Bonchev–Trinajstić information content (AvgIpc) is 2.41. The van der Waals surface area contributed by atoms with Gasteiger partial charge in [-0.3, -0.25) is 4.79 Å². The third-order valence-corrected chi connectivity index (χ3v) is 5.17. The SMILES string of the molecule is CCOC(=O)CC(N[S+]([O-])C(C)(C)C)c1cc(Br)cc(C)c1F. The quantitative estimate of drug-likeness (QED) is 0.572. The van der Waals surface area contributed by atoms with Gasteiger partial charge in [0, 0.05) is 21.4 Å². The minimum absolute atomic E-state index is 0.0948. The van der Waals surface area contributed by atoms with Gasteiger partial charge in [-0.2, -0.15) is 0 Å². The number of rotatable bonds is 6. The van der Waals surface area contributed by atoms with Crippen LogP contribution in [-0.4, -0.2) is 21.9 Å². The minimum atomic E-state index is -1.45. The van der Waals surface area contributed by atoms with Crippen LogP contribution in [0.1, 0.15) is 51.3 Å². The van der Waals surface area contributed by atoms with E-state index >= 15 is 0 Å². The zero-order valence-corrected chi connectivity index (χ0v) is 16.4. The van der Waals surface area contributed by atoms with Crippen LogP contribution in [0.4, 0.5) is 4.39 Å². The Kier molecular flexibility index (Phi) is 7.51. The second kappa shape index (κ2) is 8.46. The molecule has 2 atom stereocenters. The summed E-state index contributed by atoms with van der Waals surface area (Å²) in [7, 11) is 0. The summed E-state index contributed by atoms with van der Waals surface area (Å²) in [6.07, 6.45) is -0.0948. The first kappa shape index (κ1) is 20.4. The molecule has 1 N–H and O–H groups in total. The van der Waals surface area contributed by atoms with E-state index < -0.39 is 33.9 Å². The van der Waals surface area contributed by atoms with Crippen LogP contribution in [-0.2, 0) is 20.9 Å². The molecule has 0 fully saturated rings. The van der Waals surface area contributed by atoms with Gasteiger partial charge in [0.15, 0.2) is 0 Å². The molecule has 0 aromatic heterocycles. The molecule has 0 amide bonds. The van der Waals surface area contributed by atoms with Crippen LogP contribution in [0.25, 0.3) is 0 Å². The second-order valence-electron chi connectivity index (χ2n) is 6.19. The van der Waals surface area contributed by atoms with Crippen molar-refractivity contribution < 1.29 is 18.5 Å². The normalized spacial score (nSPS) is 14.4. The smallest absolute Gasteiger partial charge is 0.307 e. The van der Waals surface area contributed by atoms with Gasteiger partial charge in [-0.25, -0.2) is 4.39 Å². The number of carbonyl (C=O) groups is 1. The molecule has 7 heteroatoms. The highest BCUT2D eigenvalue weighted by atomic mass is 79.9. The van der Waals surface area contributed by atoms with Gasteiger partial charge in [0.2, 0.25) is 0 Å². The largest absolute Gasteiger partial charge is 0.598 e. The van der Waals surface area contributed by atoms with Crippen LogP contribution in [0.15, 0.2) is 16.6 Å². The number of ether oxygens (including phenoxy) is 1. The average molecular weight is 408 g/mol. The Bertz CT molecular complexity index is 563. The number of esters is 1. The lowest BCUT2D eigenvalue weighted by Crippen LogP contribution is -2.42. The number of hydrogen-bond donors (Lipinski definition) is 1. The van der Waals surface area contributed by atoms with Crippen LogP contribution < -0.4 is 4.72 Å². The zero-order chi connectivity index (χ0) is 17.8. The molecule has 1 aromatic carbocycles. The predicted octanol–water partition coefficient (Wildman–Crippen LogP) is 3.94. The van der Waals surface area contributed by atoms with Crippen LogP contribution in [0, 0.1) is 12.7 Å². The lowest BCUT2D eigenvalue weighted by molar-refractivity contribution is -0.143. The lowest BCUT2D eigenvalue weighted by Gasteiger charge is -2.28. The molecular formula is C16H23BrFNO3S. The van der Waals surface area contributed by atoms with Gasteiger partial charge in [-0.15, -0.1) is 4.72 Å². The van der Waals surface area contributed by atoms with E-state index in [0.29, 0.717) is 15.6 Å². The first-order valence-electron chi connectivity index (χ1n) is 7.35. The van der Waals surface area contributed by atoms with Crippen LogP contribution in [0.5, 0.6) is 0 Å². The maximum Gasteiger partial charge on any atom is 0.307 e. The van der Waals surface area contributed by atoms with E-state index in [-0.39, 0.29) is 13.0 Å². The van der Waals surface area contributed by atoms with Gasteiger partial charge in [0.25, 0.3) is 0 Å². The molecule has 0 aliphatic carbocycles. The van der Waals surface area contributed by atoms with Crippen molar-refractivity contribution in [1.82, 2.24) is 4.72 Å². The van der Waals surface area contributed by atoms with Crippen LogP contribution in [0.3, 0.4) is 0 Å². The molecule has 0 aliphatic rings. The molecule has 1 rings (SSSR count). The fourth-order valence-corrected chi connectivity index (χ4v) is 3.32. The van der Waals surface area contributed by atoms with Gasteiger partial charge in [-0.1, -0.05) is 15.9 Å². The van der Waals surface area contributed by atoms with E-state index in [0.717, 1.165) is 0 Å². The molecular weight excluding hydrogens is 385 g/mol. The Hall–Kier alpha value is -0.630. The molecule has 0 saturated carbocycles. The Morgan fingerprint density at radius 1 is 1.48 bits per heavy atom. The van der Waals surface area contributed by atoms with E-state index in [9.17, 15) is 13.7 Å². The summed E-state index contributed by atoms with van der Waals surface area (Å²) < 4.78 is 34.9. The van der Waals surface area contributed by atoms with E-state index in [1.54, 1.807) is 46.8 Å². The van der Waals surface area contributed by atoms with E-state index in [4.69, 9.17) is 4.74 Å². The summed E-state index contributed by atoms with van der Waals surface area (Å²) in [4.78, 5) is 11.8. The Balaban J connectivity index is 3.16. The highest BCUT2D eigenvalue weighted by Crippen LogP contribution is 2.29. The summed E-state index contributed by atoms with van der Waals surface area (Å²) in [5.41, 5.74) is 0.745. The van der Waals surface area contributed by atoms with Crippen LogP contribution in [0.2, 0.25) is 0 Å². The molecule has 0 saturated heterocycles. The van der Waals surface area contributed by atoms with Crippen molar-refractivity contribution in [3.8, 4) is 0 Å². The van der Waals surface area contributed by atoms with Crippen molar-refractivity contribution in [2.75, 3.05) is 6.61 Å². The zero-order valence-electron chi connectivity index (χ0n) is 14.0. The van der Waals surface area contributed by atoms with Gasteiger partial charge in [-0.05, 0) is 52.3 Å². The van der Waals surface area contributed by atoms with Crippen molar-refractivity contribution in [1.29, 1.82) is 0 Å². The molecule has 1 aromatic rings. The summed E-state index contributed by atoms with van der Waals surface area (Å²) in [6.45, 7) is 9.01. The molecule has 2 unspecified atom stereocenters. The van der Waals surface area contributed by atoms with Crippen molar-refractivity contribution in [2.45, 2.75) is 51.8 Å². The van der Waals surface area contributed by atoms with Crippen LogP contribution >= 0.6 is 15.9 Å². The Morgan fingerprint density at radius 2 is 2.09 bits per heavy atom. The number of halogens is 2. The first-order chi connectivity index (χ1) is 10.6. The highest BCUT2D eigenvalue weighted by molar-refractivity contribution is 9.10. The third kappa shape index (κ3) is 6.06. The molecule has 23 heavy (non-hydrogen) atoms. The summed E-state index contributed by atoms with van der Waals surface area (Å²) in [5.74, 6) is -0.881. The third-order valence-electron chi connectivity index (χ3n) is 3.10. The van der Waals surface area contributed by atoms with E-state index in [1.807, 2.05) is 0 Å². The van der Waals surface area contributed by atoms with Gasteiger partial charge in [0.1, 0.15) is 10.6 Å². The lowest BCUT2D eigenvalue weighted by atomic mass is 10.0. The fourth-order valence-electron chi connectivity index (χ4n) is 1.91. The van der Waals surface area contributed by atoms with Gasteiger partial charge < -0.3 is 9.29 Å². The first-order valence-corrected chi connectivity index (χ1v) is 9.29. The van der Waals surface area contributed by atoms with Gasteiger partial charge >= 0.3 is 5.97 Å². The molecule has 0 bridgehead atoms. The maximum atomic E-state index is 14.5. The maximum absolute atomic E-state index is 14.5. The summed E-state index contributed by atoms with van der Waals surface area (Å²) in [6, 6.07) is 2.52. The number of aryl methyl sites for hydroxylation is 1. The molecule has 0 spiro atoms. The number of hydrogen-bond acceptors (Lipinski definition) is 4.